The van der Waals surface area contributed by atoms with Gasteiger partial charge in [0.1, 0.15) is 5.01 Å². The van der Waals surface area contributed by atoms with E-state index < -0.39 is 5.97 Å². The molecule has 2 rings (SSSR count). The Hall–Kier alpha value is -1.33. The minimum atomic E-state index is -0.977. The van der Waals surface area contributed by atoms with Crippen molar-refractivity contribution >= 4 is 29.1 Å². The van der Waals surface area contributed by atoms with Crippen molar-refractivity contribution in [2.24, 2.45) is 0 Å². The fourth-order valence-electron chi connectivity index (χ4n) is 1.52. The molecule has 5 heteroatoms. The minimum absolute atomic E-state index is 0.114. The van der Waals surface area contributed by atoms with Crippen LogP contribution in [0.25, 0.3) is 10.6 Å². The van der Waals surface area contributed by atoms with Crippen LogP contribution in [0, 0.1) is 0 Å². The topological polar surface area (TPSA) is 50.2 Å². The van der Waals surface area contributed by atoms with E-state index in [4.69, 9.17) is 5.11 Å². The highest BCUT2D eigenvalue weighted by Crippen LogP contribution is 2.25. The Balaban J connectivity index is 2.23. The van der Waals surface area contributed by atoms with E-state index in [9.17, 15) is 4.79 Å². The molecule has 3 nitrogen and oxygen atoms in total. The number of nitrogens with zero attached hydrogens (tertiary/aromatic N) is 1. The van der Waals surface area contributed by atoms with Gasteiger partial charge in [-0.3, -0.25) is 0 Å². The van der Waals surface area contributed by atoms with Gasteiger partial charge in [-0.2, -0.15) is 11.8 Å². The van der Waals surface area contributed by atoms with E-state index in [0.29, 0.717) is 0 Å². The number of carboxylic acid groups (broad SMARTS) is 1. The number of benzene rings is 1. The standard InChI is InChI=1S/C13H13NO2S2/c1-2-17-7-9-4-3-5-10(6-9)12-14-11(8-18-12)13(15)16/h3-6,8H,2,7H2,1H3,(H,15,16). The van der Waals surface area contributed by atoms with Gasteiger partial charge in [0, 0.05) is 16.7 Å². The van der Waals surface area contributed by atoms with Gasteiger partial charge in [-0.05, 0) is 17.4 Å². The Morgan fingerprint density at radius 1 is 1.50 bits per heavy atom. The molecule has 0 fully saturated rings. The number of aromatic nitrogens is 1. The van der Waals surface area contributed by atoms with Crippen LogP contribution in [-0.2, 0) is 5.75 Å². The molecule has 18 heavy (non-hydrogen) atoms. The molecule has 94 valence electrons. The fraction of sp³-hybridized carbons (Fsp3) is 0.231. The van der Waals surface area contributed by atoms with Crippen molar-refractivity contribution in [3.8, 4) is 10.6 Å². The lowest BCUT2D eigenvalue weighted by atomic mass is 10.1. The summed E-state index contributed by atoms with van der Waals surface area (Å²) >= 11 is 3.23. The summed E-state index contributed by atoms with van der Waals surface area (Å²) in [5.41, 5.74) is 2.34. The molecule has 0 aliphatic heterocycles. The summed E-state index contributed by atoms with van der Waals surface area (Å²) in [4.78, 5) is 14.9. The van der Waals surface area contributed by atoms with Gasteiger partial charge >= 0.3 is 5.97 Å². The molecule has 0 amide bonds. The van der Waals surface area contributed by atoms with Crippen LogP contribution in [-0.4, -0.2) is 21.8 Å². The summed E-state index contributed by atoms with van der Waals surface area (Å²) in [6.45, 7) is 2.13. The normalized spacial score (nSPS) is 10.5. The summed E-state index contributed by atoms with van der Waals surface area (Å²) in [6, 6.07) is 8.11. The van der Waals surface area contributed by atoms with E-state index in [1.165, 1.54) is 16.9 Å². The van der Waals surface area contributed by atoms with Crippen LogP contribution in [0.3, 0.4) is 0 Å². The van der Waals surface area contributed by atoms with Crippen molar-refractivity contribution in [3.05, 3.63) is 40.9 Å². The zero-order chi connectivity index (χ0) is 13.0. The molecule has 0 spiro atoms. The third-order valence-corrected chi connectivity index (χ3v) is 4.21. The van der Waals surface area contributed by atoms with Gasteiger partial charge in [0.05, 0.1) is 0 Å². The Kier molecular flexibility index (Phi) is 4.38. The highest BCUT2D eigenvalue weighted by molar-refractivity contribution is 7.98. The number of aromatic carboxylic acids is 1. The molecule has 1 N–H and O–H groups in total. The van der Waals surface area contributed by atoms with Gasteiger partial charge in [0.2, 0.25) is 0 Å². The number of hydrogen-bond acceptors (Lipinski definition) is 4. The van der Waals surface area contributed by atoms with E-state index in [2.05, 4.69) is 24.0 Å². The van der Waals surface area contributed by atoms with Crippen molar-refractivity contribution in [3.63, 3.8) is 0 Å². The summed E-state index contributed by atoms with van der Waals surface area (Å²) in [6.07, 6.45) is 0. The molecule has 0 bridgehead atoms. The Morgan fingerprint density at radius 3 is 3.00 bits per heavy atom. The highest BCUT2D eigenvalue weighted by atomic mass is 32.2. The van der Waals surface area contributed by atoms with Crippen LogP contribution in [0.4, 0.5) is 0 Å². The van der Waals surface area contributed by atoms with Crippen molar-refractivity contribution in [1.29, 1.82) is 0 Å². The molecule has 0 saturated heterocycles. The van der Waals surface area contributed by atoms with E-state index in [-0.39, 0.29) is 5.69 Å². The van der Waals surface area contributed by atoms with Crippen LogP contribution < -0.4 is 0 Å². The average Bonchev–Trinajstić information content (AvgIpc) is 2.86. The molecule has 0 unspecified atom stereocenters. The molecule has 0 saturated carbocycles. The van der Waals surface area contributed by atoms with Crippen molar-refractivity contribution in [2.75, 3.05) is 5.75 Å². The first-order chi connectivity index (χ1) is 8.70. The maximum atomic E-state index is 10.8. The molecular weight excluding hydrogens is 266 g/mol. The zero-order valence-electron chi connectivity index (χ0n) is 9.92. The number of carbonyl (C=O) groups is 1. The number of hydrogen-bond donors (Lipinski definition) is 1. The Bertz CT molecular complexity index is 551. The van der Waals surface area contributed by atoms with Crippen LogP contribution in [0.5, 0.6) is 0 Å². The molecule has 1 aromatic heterocycles. The Labute approximate surface area is 114 Å². The molecule has 0 atom stereocenters. The van der Waals surface area contributed by atoms with Gasteiger partial charge in [-0.25, -0.2) is 9.78 Å². The third kappa shape index (κ3) is 3.11. The predicted molar refractivity (Wildman–Crippen MR) is 76.3 cm³/mol. The second kappa shape index (κ2) is 6.02. The second-order valence-electron chi connectivity index (χ2n) is 3.68. The first-order valence-corrected chi connectivity index (χ1v) is 7.60. The lowest BCUT2D eigenvalue weighted by Crippen LogP contribution is -1.95. The predicted octanol–water partition coefficient (Wildman–Crippen LogP) is 3.76. The monoisotopic (exact) mass is 279 g/mol. The largest absolute Gasteiger partial charge is 0.476 e. The summed E-state index contributed by atoms with van der Waals surface area (Å²) in [7, 11) is 0. The lowest BCUT2D eigenvalue weighted by Gasteiger charge is -2.02. The molecular formula is C13H13NO2S2. The van der Waals surface area contributed by atoms with Crippen LogP contribution in [0.15, 0.2) is 29.6 Å². The maximum Gasteiger partial charge on any atom is 0.355 e. The van der Waals surface area contributed by atoms with Crippen LogP contribution in [0.2, 0.25) is 0 Å². The minimum Gasteiger partial charge on any atom is -0.476 e. The van der Waals surface area contributed by atoms with Crippen molar-refractivity contribution in [2.45, 2.75) is 12.7 Å². The second-order valence-corrected chi connectivity index (χ2v) is 5.81. The van der Waals surface area contributed by atoms with Crippen molar-refractivity contribution in [1.82, 2.24) is 4.98 Å². The molecule has 1 aromatic carbocycles. The van der Waals surface area contributed by atoms with E-state index in [1.807, 2.05) is 23.9 Å². The lowest BCUT2D eigenvalue weighted by molar-refractivity contribution is 0.0691. The van der Waals surface area contributed by atoms with Gasteiger partial charge in [-0.1, -0.05) is 25.1 Å². The van der Waals surface area contributed by atoms with Gasteiger partial charge in [-0.15, -0.1) is 11.3 Å². The Morgan fingerprint density at radius 2 is 2.33 bits per heavy atom. The third-order valence-electron chi connectivity index (χ3n) is 2.37. The summed E-state index contributed by atoms with van der Waals surface area (Å²) in [5.74, 6) is 1.08. The number of thiazole rings is 1. The van der Waals surface area contributed by atoms with Gasteiger partial charge < -0.3 is 5.11 Å². The molecule has 0 aliphatic carbocycles. The van der Waals surface area contributed by atoms with Gasteiger partial charge in [0.25, 0.3) is 0 Å². The molecule has 1 heterocycles. The number of carboxylic acids is 1. The van der Waals surface area contributed by atoms with E-state index >= 15 is 0 Å². The molecule has 2 aromatic rings. The van der Waals surface area contributed by atoms with E-state index in [1.54, 1.807) is 5.38 Å². The number of rotatable bonds is 5. The SMILES string of the molecule is CCSCc1cccc(-c2nc(C(=O)O)cs2)c1. The first-order valence-electron chi connectivity index (χ1n) is 5.56. The summed E-state index contributed by atoms with van der Waals surface area (Å²) < 4.78 is 0. The summed E-state index contributed by atoms with van der Waals surface area (Å²) in [5, 5.41) is 11.2. The van der Waals surface area contributed by atoms with Gasteiger partial charge in [0.15, 0.2) is 5.69 Å². The van der Waals surface area contributed by atoms with E-state index in [0.717, 1.165) is 22.1 Å². The number of thioether (sulfide) groups is 1. The van der Waals surface area contributed by atoms with Crippen LogP contribution in [0.1, 0.15) is 23.0 Å². The maximum absolute atomic E-state index is 10.8. The fourth-order valence-corrected chi connectivity index (χ4v) is 2.93. The molecule has 0 radical (unpaired) electrons. The molecule has 0 aliphatic rings. The quantitative estimate of drug-likeness (QED) is 0.905. The van der Waals surface area contributed by atoms with Crippen molar-refractivity contribution < 1.29 is 9.90 Å². The zero-order valence-corrected chi connectivity index (χ0v) is 11.6. The smallest absolute Gasteiger partial charge is 0.355 e. The highest BCUT2D eigenvalue weighted by Gasteiger charge is 2.10. The van der Waals surface area contributed by atoms with Crippen LogP contribution >= 0.6 is 23.1 Å². The average molecular weight is 279 g/mol. The first kappa shape index (κ1) is 13.1.